The summed E-state index contributed by atoms with van der Waals surface area (Å²) in [5, 5.41) is 0. The van der Waals surface area contributed by atoms with Crippen molar-refractivity contribution in [3.63, 3.8) is 0 Å². The molecule has 0 spiro atoms. The van der Waals surface area contributed by atoms with Crippen LogP contribution in [0.2, 0.25) is 0 Å². The van der Waals surface area contributed by atoms with E-state index in [1.165, 1.54) is 11.1 Å². The first-order valence-corrected chi connectivity index (χ1v) is 5.62. The van der Waals surface area contributed by atoms with Crippen molar-refractivity contribution in [2.24, 2.45) is 5.73 Å². The largest absolute Gasteiger partial charge is 0.497 e. The Morgan fingerprint density at radius 2 is 2.00 bits per heavy atom. The molecule has 0 aromatic heterocycles. The Morgan fingerprint density at radius 1 is 1.27 bits per heavy atom. The summed E-state index contributed by atoms with van der Waals surface area (Å²) in [6.07, 6.45) is 3.02. The fraction of sp³-hybridized carbons (Fsp3) is 0.538. The van der Waals surface area contributed by atoms with Gasteiger partial charge in [-0.1, -0.05) is 19.9 Å². The monoisotopic (exact) mass is 207 g/mol. The van der Waals surface area contributed by atoms with Crippen LogP contribution in [0, 0.1) is 0 Å². The third kappa shape index (κ3) is 3.24. The first kappa shape index (κ1) is 12.1. The van der Waals surface area contributed by atoms with Gasteiger partial charge in [-0.15, -0.1) is 0 Å². The molecule has 0 bridgehead atoms. The number of methoxy groups -OCH3 is 1. The average Bonchev–Trinajstić information content (AvgIpc) is 2.29. The van der Waals surface area contributed by atoms with Crippen molar-refractivity contribution >= 4 is 0 Å². The van der Waals surface area contributed by atoms with Crippen molar-refractivity contribution in [3.05, 3.63) is 29.3 Å². The van der Waals surface area contributed by atoms with E-state index >= 15 is 0 Å². The molecular weight excluding hydrogens is 186 g/mol. The van der Waals surface area contributed by atoms with E-state index in [4.69, 9.17) is 10.5 Å². The minimum absolute atomic E-state index is 0.267. The van der Waals surface area contributed by atoms with Gasteiger partial charge < -0.3 is 10.5 Å². The molecule has 1 rings (SSSR count). The molecule has 15 heavy (non-hydrogen) atoms. The molecule has 0 fully saturated rings. The molecule has 0 saturated carbocycles. The first-order chi connectivity index (χ1) is 7.21. The zero-order valence-corrected chi connectivity index (χ0v) is 9.92. The number of aryl methyl sites for hydroxylation is 1. The maximum atomic E-state index is 5.97. The lowest BCUT2D eigenvalue weighted by atomic mass is 9.98. The molecule has 0 heterocycles. The lowest BCUT2D eigenvalue weighted by molar-refractivity contribution is 0.414. The van der Waals surface area contributed by atoms with Gasteiger partial charge >= 0.3 is 0 Å². The van der Waals surface area contributed by atoms with Crippen molar-refractivity contribution in [1.29, 1.82) is 0 Å². The Kier molecular flexibility index (Phi) is 4.63. The van der Waals surface area contributed by atoms with Crippen LogP contribution in [0.25, 0.3) is 0 Å². The summed E-state index contributed by atoms with van der Waals surface area (Å²) in [7, 11) is 1.70. The number of hydrogen-bond donors (Lipinski definition) is 1. The molecule has 2 heteroatoms. The topological polar surface area (TPSA) is 35.2 Å². The smallest absolute Gasteiger partial charge is 0.119 e. The second-order valence-electron chi connectivity index (χ2n) is 3.86. The molecule has 1 unspecified atom stereocenters. The summed E-state index contributed by atoms with van der Waals surface area (Å²) in [6.45, 7) is 4.29. The summed E-state index contributed by atoms with van der Waals surface area (Å²) in [6, 6.07) is 6.52. The van der Waals surface area contributed by atoms with Crippen LogP contribution in [0.4, 0.5) is 0 Å². The van der Waals surface area contributed by atoms with E-state index in [1.807, 2.05) is 6.07 Å². The normalized spacial score (nSPS) is 12.5. The van der Waals surface area contributed by atoms with E-state index in [9.17, 15) is 0 Å². The summed E-state index contributed by atoms with van der Waals surface area (Å²) in [5.74, 6) is 0.931. The van der Waals surface area contributed by atoms with Crippen LogP contribution in [0.15, 0.2) is 18.2 Å². The predicted octanol–water partition coefficient (Wildman–Crippen LogP) is 2.54. The van der Waals surface area contributed by atoms with Crippen molar-refractivity contribution in [2.75, 3.05) is 7.11 Å². The van der Waals surface area contributed by atoms with Gasteiger partial charge in [-0.05, 0) is 42.5 Å². The molecule has 1 atom stereocenters. The van der Waals surface area contributed by atoms with E-state index in [0.29, 0.717) is 0 Å². The van der Waals surface area contributed by atoms with E-state index in [1.54, 1.807) is 7.11 Å². The van der Waals surface area contributed by atoms with Crippen LogP contribution in [0.5, 0.6) is 5.75 Å². The first-order valence-electron chi connectivity index (χ1n) is 5.62. The molecule has 1 aromatic rings. The number of nitrogens with two attached hydrogens (primary N) is 1. The summed E-state index contributed by atoms with van der Waals surface area (Å²) >= 11 is 0. The molecule has 0 radical (unpaired) electrons. The van der Waals surface area contributed by atoms with Crippen LogP contribution in [-0.2, 0) is 12.8 Å². The molecule has 2 nitrogen and oxygen atoms in total. The Morgan fingerprint density at radius 3 is 2.53 bits per heavy atom. The van der Waals surface area contributed by atoms with Gasteiger partial charge in [0.05, 0.1) is 7.11 Å². The van der Waals surface area contributed by atoms with Crippen molar-refractivity contribution in [2.45, 2.75) is 39.2 Å². The van der Waals surface area contributed by atoms with E-state index < -0.39 is 0 Å². The highest BCUT2D eigenvalue weighted by molar-refractivity contribution is 5.36. The molecule has 84 valence electrons. The third-order valence-corrected chi connectivity index (χ3v) is 2.80. The standard InChI is InChI=1S/C13H21NO/c1-4-10-9-13(15-3)7-6-11(10)8-12(14)5-2/h6-7,9,12H,4-5,8,14H2,1-3H3. The van der Waals surface area contributed by atoms with Crippen molar-refractivity contribution < 1.29 is 4.74 Å². The summed E-state index contributed by atoms with van der Waals surface area (Å²) in [4.78, 5) is 0. The van der Waals surface area contributed by atoms with Gasteiger partial charge in [0.2, 0.25) is 0 Å². The van der Waals surface area contributed by atoms with Gasteiger partial charge in [-0.2, -0.15) is 0 Å². The second-order valence-corrected chi connectivity index (χ2v) is 3.86. The third-order valence-electron chi connectivity index (χ3n) is 2.80. The molecule has 0 saturated heterocycles. The number of rotatable bonds is 5. The lowest BCUT2D eigenvalue weighted by Crippen LogP contribution is -2.22. The Bertz CT molecular complexity index is 309. The highest BCUT2D eigenvalue weighted by atomic mass is 16.5. The second kappa shape index (κ2) is 5.76. The SMILES string of the molecule is CCc1cc(OC)ccc1CC(N)CC. The molecule has 1 aromatic carbocycles. The fourth-order valence-electron chi connectivity index (χ4n) is 1.68. The van der Waals surface area contributed by atoms with Crippen LogP contribution in [0.1, 0.15) is 31.4 Å². The molecule has 0 aliphatic rings. The lowest BCUT2D eigenvalue weighted by Gasteiger charge is -2.13. The quantitative estimate of drug-likeness (QED) is 0.805. The number of benzene rings is 1. The molecule has 0 amide bonds. The van der Waals surface area contributed by atoms with Crippen LogP contribution < -0.4 is 10.5 Å². The Balaban J connectivity index is 2.87. The summed E-state index contributed by atoms with van der Waals surface area (Å²) in [5.41, 5.74) is 8.67. The predicted molar refractivity (Wildman–Crippen MR) is 64.3 cm³/mol. The van der Waals surface area contributed by atoms with Crippen LogP contribution in [-0.4, -0.2) is 13.2 Å². The van der Waals surface area contributed by atoms with Gasteiger partial charge in [0.15, 0.2) is 0 Å². The number of hydrogen-bond acceptors (Lipinski definition) is 2. The van der Waals surface area contributed by atoms with Crippen molar-refractivity contribution in [1.82, 2.24) is 0 Å². The van der Waals surface area contributed by atoms with E-state index in [2.05, 4.69) is 26.0 Å². The maximum Gasteiger partial charge on any atom is 0.119 e. The molecular formula is C13H21NO. The highest BCUT2D eigenvalue weighted by Gasteiger charge is 2.06. The fourth-order valence-corrected chi connectivity index (χ4v) is 1.68. The van der Waals surface area contributed by atoms with Crippen LogP contribution in [0.3, 0.4) is 0 Å². The zero-order valence-electron chi connectivity index (χ0n) is 9.92. The summed E-state index contributed by atoms with van der Waals surface area (Å²) < 4.78 is 5.21. The van der Waals surface area contributed by atoms with Gasteiger partial charge in [-0.3, -0.25) is 0 Å². The zero-order chi connectivity index (χ0) is 11.3. The number of ether oxygens (including phenoxy) is 1. The minimum atomic E-state index is 0.267. The molecule has 0 aliphatic heterocycles. The van der Waals surface area contributed by atoms with Gasteiger partial charge in [0, 0.05) is 6.04 Å². The highest BCUT2D eigenvalue weighted by Crippen LogP contribution is 2.19. The minimum Gasteiger partial charge on any atom is -0.497 e. The van der Waals surface area contributed by atoms with E-state index in [-0.39, 0.29) is 6.04 Å². The maximum absolute atomic E-state index is 5.97. The van der Waals surface area contributed by atoms with Gasteiger partial charge in [0.1, 0.15) is 5.75 Å². The Hall–Kier alpha value is -1.02. The average molecular weight is 207 g/mol. The van der Waals surface area contributed by atoms with Crippen LogP contribution >= 0.6 is 0 Å². The molecule has 2 N–H and O–H groups in total. The Labute approximate surface area is 92.4 Å². The van der Waals surface area contributed by atoms with Gasteiger partial charge in [-0.25, -0.2) is 0 Å². The van der Waals surface area contributed by atoms with Gasteiger partial charge in [0.25, 0.3) is 0 Å². The molecule has 0 aliphatic carbocycles. The van der Waals surface area contributed by atoms with Crippen molar-refractivity contribution in [3.8, 4) is 5.75 Å². The van der Waals surface area contributed by atoms with E-state index in [0.717, 1.165) is 25.0 Å².